The van der Waals surface area contributed by atoms with Gasteiger partial charge in [0, 0.05) is 49.1 Å². The van der Waals surface area contributed by atoms with E-state index in [0.717, 1.165) is 43.6 Å². The van der Waals surface area contributed by atoms with Gasteiger partial charge in [-0.2, -0.15) is 0 Å². The molecule has 0 saturated heterocycles. The minimum atomic E-state index is -1.02. The normalized spacial score (nSPS) is 12.5. The minimum absolute atomic E-state index is 0.0595. The molecule has 5 aromatic carbocycles. The predicted octanol–water partition coefficient (Wildman–Crippen LogP) is 7.07. The fourth-order valence-electron chi connectivity index (χ4n) is 7.20. The second kappa shape index (κ2) is 16.4. The lowest BCUT2D eigenvalue weighted by molar-refractivity contribution is -0.139. The molecule has 0 unspecified atom stereocenters. The molecule has 0 aliphatic carbocycles. The lowest BCUT2D eigenvalue weighted by atomic mass is 9.97. The minimum Gasteiger partial charge on any atom is -0.481 e. The van der Waals surface area contributed by atoms with Crippen LogP contribution in [-0.2, 0) is 27.3 Å². The second-order valence-electron chi connectivity index (χ2n) is 13.4. The topological polar surface area (TPSA) is 135 Å². The van der Waals surface area contributed by atoms with Crippen LogP contribution in [0.15, 0.2) is 115 Å². The van der Waals surface area contributed by atoms with Crippen molar-refractivity contribution in [2.75, 3.05) is 6.54 Å². The van der Waals surface area contributed by atoms with Crippen LogP contribution in [0.1, 0.15) is 60.5 Å². The van der Waals surface area contributed by atoms with E-state index in [1.807, 2.05) is 96.6 Å². The number of amides is 3. The van der Waals surface area contributed by atoms with Gasteiger partial charge in [-0.1, -0.05) is 110 Å². The number of para-hydroxylation sites is 1. The van der Waals surface area contributed by atoms with Crippen LogP contribution >= 0.6 is 0 Å². The Labute approximate surface area is 303 Å². The summed E-state index contributed by atoms with van der Waals surface area (Å²) in [7, 11) is 0. The zero-order chi connectivity index (χ0) is 36.6. The molecule has 0 fully saturated rings. The van der Waals surface area contributed by atoms with E-state index in [0.29, 0.717) is 31.5 Å². The predicted molar refractivity (Wildman–Crippen MR) is 205 cm³/mol. The number of carboxylic acids is 1. The Hall–Kier alpha value is -5.96. The molecule has 1 aromatic heterocycles. The maximum atomic E-state index is 14.5. The molecular formula is C43H44N4O5. The number of nitrogens with one attached hydrogen (secondary N) is 1. The van der Waals surface area contributed by atoms with Crippen LogP contribution in [0.4, 0.5) is 0 Å². The molecule has 6 aromatic rings. The van der Waals surface area contributed by atoms with Gasteiger partial charge in [0.1, 0.15) is 6.04 Å². The number of carbonyl (C=O) groups excluding carboxylic acids is 3. The molecule has 2 atom stereocenters. The summed E-state index contributed by atoms with van der Waals surface area (Å²) in [6.07, 6.45) is 2.90. The summed E-state index contributed by atoms with van der Waals surface area (Å²) in [6.45, 7) is 2.81. The molecule has 0 radical (unpaired) electrons. The molecule has 52 heavy (non-hydrogen) atoms. The van der Waals surface area contributed by atoms with E-state index < -0.39 is 29.9 Å². The summed E-state index contributed by atoms with van der Waals surface area (Å²) in [5.41, 5.74) is 9.09. The highest BCUT2D eigenvalue weighted by molar-refractivity contribution is 6.08. The van der Waals surface area contributed by atoms with Crippen molar-refractivity contribution in [3.05, 3.63) is 132 Å². The van der Waals surface area contributed by atoms with E-state index >= 15 is 0 Å². The molecule has 0 saturated carbocycles. The molecular weight excluding hydrogens is 652 g/mol. The fourth-order valence-corrected chi connectivity index (χ4v) is 7.20. The second-order valence-corrected chi connectivity index (χ2v) is 13.4. The number of aromatic nitrogens is 1. The van der Waals surface area contributed by atoms with Crippen molar-refractivity contribution in [3.63, 3.8) is 0 Å². The maximum Gasteiger partial charge on any atom is 0.303 e. The first-order chi connectivity index (χ1) is 25.2. The van der Waals surface area contributed by atoms with Crippen molar-refractivity contribution < 1.29 is 24.3 Å². The third-order valence-corrected chi connectivity index (χ3v) is 9.65. The number of carbonyl (C=O) groups is 4. The number of carboxylic acid groups (broad SMARTS) is 1. The van der Waals surface area contributed by atoms with Crippen molar-refractivity contribution >= 4 is 56.1 Å². The van der Waals surface area contributed by atoms with Crippen molar-refractivity contribution in [3.8, 4) is 0 Å². The monoisotopic (exact) mass is 696 g/mol. The van der Waals surface area contributed by atoms with Gasteiger partial charge >= 0.3 is 5.97 Å². The molecule has 3 amide bonds. The summed E-state index contributed by atoms with van der Waals surface area (Å²) in [5.74, 6) is -2.32. The Morgan fingerprint density at radius 2 is 1.52 bits per heavy atom. The quantitative estimate of drug-likeness (QED) is 0.0995. The first kappa shape index (κ1) is 35.9. The number of rotatable bonds is 16. The fraction of sp³-hybridized carbons (Fsp3) is 0.256. The van der Waals surface area contributed by atoms with E-state index in [9.17, 15) is 24.3 Å². The highest BCUT2D eigenvalue weighted by Crippen LogP contribution is 2.26. The van der Waals surface area contributed by atoms with Crippen LogP contribution in [-0.4, -0.2) is 56.9 Å². The smallest absolute Gasteiger partial charge is 0.303 e. The number of benzene rings is 5. The average Bonchev–Trinajstić information content (AvgIpc) is 3.51. The van der Waals surface area contributed by atoms with Gasteiger partial charge in [0.25, 0.3) is 5.91 Å². The highest BCUT2D eigenvalue weighted by Gasteiger charge is 2.32. The molecule has 266 valence electrons. The van der Waals surface area contributed by atoms with Gasteiger partial charge in [0.2, 0.25) is 11.8 Å². The summed E-state index contributed by atoms with van der Waals surface area (Å²) >= 11 is 0. The summed E-state index contributed by atoms with van der Waals surface area (Å²) in [6, 6.07) is 34.5. The average molecular weight is 697 g/mol. The van der Waals surface area contributed by atoms with Crippen molar-refractivity contribution in [2.45, 2.75) is 64.1 Å². The first-order valence-electron chi connectivity index (χ1n) is 17.9. The summed E-state index contributed by atoms with van der Waals surface area (Å²) in [5, 5.41) is 17.5. The largest absolute Gasteiger partial charge is 0.481 e. The Bertz CT molecular complexity index is 2240. The summed E-state index contributed by atoms with van der Waals surface area (Å²) in [4.78, 5) is 54.3. The molecule has 0 bridgehead atoms. The Morgan fingerprint density at radius 1 is 0.827 bits per heavy atom. The van der Waals surface area contributed by atoms with E-state index in [4.69, 9.17) is 5.73 Å². The molecule has 0 aliphatic rings. The molecule has 1 heterocycles. The Kier molecular flexibility index (Phi) is 11.3. The van der Waals surface area contributed by atoms with Gasteiger partial charge in [0.15, 0.2) is 0 Å². The molecule has 9 heteroatoms. The number of aliphatic carboxylic acids is 1. The lowest BCUT2D eigenvalue weighted by Crippen LogP contribution is -2.53. The van der Waals surface area contributed by atoms with Crippen LogP contribution in [0.25, 0.3) is 32.4 Å². The van der Waals surface area contributed by atoms with Crippen LogP contribution in [0.5, 0.6) is 0 Å². The van der Waals surface area contributed by atoms with E-state index in [1.165, 1.54) is 0 Å². The van der Waals surface area contributed by atoms with Gasteiger partial charge in [-0.3, -0.25) is 19.2 Å². The van der Waals surface area contributed by atoms with Crippen molar-refractivity contribution in [2.24, 2.45) is 5.73 Å². The number of nitrogens with two attached hydrogens (primary N) is 1. The first-order valence-corrected chi connectivity index (χ1v) is 17.9. The molecule has 9 nitrogen and oxygen atoms in total. The zero-order valence-corrected chi connectivity index (χ0v) is 29.3. The van der Waals surface area contributed by atoms with E-state index in [1.54, 1.807) is 4.90 Å². The van der Waals surface area contributed by atoms with Crippen molar-refractivity contribution in [1.29, 1.82) is 0 Å². The van der Waals surface area contributed by atoms with E-state index in [-0.39, 0.29) is 31.6 Å². The third kappa shape index (κ3) is 8.32. The molecule has 4 N–H and O–H groups in total. The van der Waals surface area contributed by atoms with E-state index in [2.05, 4.69) is 35.6 Å². The molecule has 0 spiro atoms. The van der Waals surface area contributed by atoms with Crippen LogP contribution in [0.3, 0.4) is 0 Å². The molecule has 0 aliphatic heterocycles. The number of nitrogens with zero attached hydrogens (tertiary/aromatic N) is 2. The van der Waals surface area contributed by atoms with Crippen molar-refractivity contribution in [1.82, 2.24) is 14.8 Å². The number of fused-ring (bicyclic) bond motifs is 3. The number of primary amides is 1. The standard InChI is InChI=1S/C43H44N4O5/c1-2-23-47(34(26-40(44)48)25-29-21-22-30-11-3-4-13-32(30)24-29)43(52)38(18-10-20-41(49)50)45-42(51)37-28-46(39-19-8-7-17-36(37)39)27-33-15-9-14-31-12-5-6-16-35(31)33/h3-9,11-17,19,21-22,24,28,34,38H,2,10,18,20,23,25-27H2,1H3,(H2,44,48)(H,45,51)(H,49,50)/t34-,38-/m0/s1. The van der Waals surface area contributed by atoms with Crippen LogP contribution in [0.2, 0.25) is 0 Å². The summed E-state index contributed by atoms with van der Waals surface area (Å²) < 4.78 is 2.04. The van der Waals surface area contributed by atoms with Gasteiger partial charge in [-0.05, 0) is 64.4 Å². The Balaban J connectivity index is 1.30. The molecule has 6 rings (SSSR count). The maximum absolute atomic E-state index is 14.5. The van der Waals surface area contributed by atoms with Gasteiger partial charge < -0.3 is 25.6 Å². The van der Waals surface area contributed by atoms with Gasteiger partial charge in [-0.25, -0.2) is 0 Å². The lowest BCUT2D eigenvalue weighted by Gasteiger charge is -2.34. The van der Waals surface area contributed by atoms with Crippen LogP contribution in [0, 0.1) is 0 Å². The number of hydrogen-bond acceptors (Lipinski definition) is 4. The van der Waals surface area contributed by atoms with Crippen LogP contribution < -0.4 is 11.1 Å². The third-order valence-electron chi connectivity index (χ3n) is 9.65. The number of hydrogen-bond donors (Lipinski definition) is 3. The zero-order valence-electron chi connectivity index (χ0n) is 29.3. The Morgan fingerprint density at radius 3 is 2.27 bits per heavy atom. The SMILES string of the molecule is CCCN(C(=O)[C@H](CCCC(=O)O)NC(=O)c1cn(Cc2cccc3ccccc23)c2ccccc12)[C@H](CC(N)=O)Cc1ccc2ccccc2c1. The highest BCUT2D eigenvalue weighted by atomic mass is 16.4. The van der Waals surface area contributed by atoms with Gasteiger partial charge in [-0.15, -0.1) is 0 Å². The van der Waals surface area contributed by atoms with Gasteiger partial charge in [0.05, 0.1) is 5.56 Å².